The van der Waals surface area contributed by atoms with Gasteiger partial charge in [-0.1, -0.05) is 72.2 Å². The third-order valence-corrected chi connectivity index (χ3v) is 5.61. The van der Waals surface area contributed by atoms with Crippen molar-refractivity contribution in [2.24, 2.45) is 11.7 Å². The zero-order valence-corrected chi connectivity index (χ0v) is 18.9. The van der Waals surface area contributed by atoms with Crippen LogP contribution in [0, 0.1) is 12.8 Å². The largest absolute Gasteiger partial charge is 0.366 e. The summed E-state index contributed by atoms with van der Waals surface area (Å²) in [6, 6.07) is 8.68. The van der Waals surface area contributed by atoms with E-state index in [1.54, 1.807) is 0 Å². The molecule has 0 aliphatic carbocycles. The van der Waals surface area contributed by atoms with Gasteiger partial charge in [0.25, 0.3) is 5.91 Å². The number of carbonyl (C=O) groups excluding carboxylic acids is 1. The molecule has 154 valence electrons. The molecule has 1 amide bonds. The van der Waals surface area contributed by atoms with E-state index in [-0.39, 0.29) is 11.3 Å². The number of rotatable bonds is 8. The second-order valence-corrected chi connectivity index (χ2v) is 9.41. The zero-order chi connectivity index (χ0) is 21.1. The number of carbonyl (C=O) groups is 1. The van der Waals surface area contributed by atoms with Crippen LogP contribution in [0.4, 0.5) is 0 Å². The smallest absolute Gasteiger partial charge is 0.251 e. The number of hydrogen-bond acceptors (Lipinski definition) is 1. The molecule has 28 heavy (non-hydrogen) atoms. The lowest BCUT2D eigenvalue weighted by Crippen LogP contribution is -2.14. The van der Waals surface area contributed by atoms with Crippen LogP contribution in [-0.2, 0) is 18.4 Å². The van der Waals surface area contributed by atoms with Crippen LogP contribution in [-0.4, -0.2) is 10.5 Å². The topological polar surface area (TPSA) is 48.0 Å². The predicted octanol–water partition coefficient (Wildman–Crippen LogP) is 6.25. The molecule has 0 aliphatic rings. The van der Waals surface area contributed by atoms with Crippen LogP contribution in [0.1, 0.15) is 88.1 Å². The number of primary amides is 1. The standard InChI is InChI=1S/C25H38N2O/c1-8-9-10-21-23(19-11-13-20(14-12-19)25(5,6)7)22(24(26)28)18(4)27(21)16-15-17(2)3/h11-14,17H,8-10,15-16H2,1-7H3,(H2,26,28). The first-order valence-corrected chi connectivity index (χ1v) is 10.7. The first kappa shape index (κ1) is 22.3. The third-order valence-electron chi connectivity index (χ3n) is 5.61. The molecular weight excluding hydrogens is 344 g/mol. The normalized spacial score (nSPS) is 12.0. The van der Waals surface area contributed by atoms with Crippen molar-refractivity contribution in [3.05, 3.63) is 46.8 Å². The van der Waals surface area contributed by atoms with E-state index in [1.165, 1.54) is 11.3 Å². The molecule has 1 aromatic heterocycles. The fourth-order valence-electron chi connectivity index (χ4n) is 3.84. The Morgan fingerprint density at radius 2 is 1.75 bits per heavy atom. The maximum absolute atomic E-state index is 12.4. The average molecular weight is 383 g/mol. The van der Waals surface area contributed by atoms with Gasteiger partial charge in [0.15, 0.2) is 0 Å². The van der Waals surface area contributed by atoms with Gasteiger partial charge in [0, 0.05) is 23.5 Å². The summed E-state index contributed by atoms with van der Waals surface area (Å²) in [5.74, 6) is 0.292. The van der Waals surface area contributed by atoms with Crippen LogP contribution in [0.3, 0.4) is 0 Å². The Morgan fingerprint density at radius 3 is 2.21 bits per heavy atom. The number of amides is 1. The highest BCUT2D eigenvalue weighted by molar-refractivity contribution is 6.02. The molecule has 0 radical (unpaired) electrons. The molecule has 3 heteroatoms. The molecule has 2 N–H and O–H groups in total. The van der Waals surface area contributed by atoms with E-state index in [4.69, 9.17) is 5.73 Å². The Labute approximate surface area is 171 Å². The summed E-state index contributed by atoms with van der Waals surface area (Å²) in [5, 5.41) is 0. The summed E-state index contributed by atoms with van der Waals surface area (Å²) in [7, 11) is 0. The minimum atomic E-state index is -0.326. The second kappa shape index (κ2) is 8.98. The Hall–Kier alpha value is -2.03. The Kier molecular flexibility index (Phi) is 7.14. The van der Waals surface area contributed by atoms with Crippen molar-refractivity contribution in [1.29, 1.82) is 0 Å². The number of aromatic nitrogens is 1. The SMILES string of the molecule is CCCCc1c(-c2ccc(C(C)(C)C)cc2)c(C(N)=O)c(C)n1CCC(C)C. The average Bonchev–Trinajstić information content (AvgIpc) is 2.89. The summed E-state index contributed by atoms with van der Waals surface area (Å²) in [6.45, 7) is 16.3. The monoisotopic (exact) mass is 382 g/mol. The van der Waals surface area contributed by atoms with Gasteiger partial charge in [-0.05, 0) is 48.6 Å². The Morgan fingerprint density at radius 1 is 1.14 bits per heavy atom. The van der Waals surface area contributed by atoms with Gasteiger partial charge in [-0.3, -0.25) is 4.79 Å². The molecule has 0 fully saturated rings. The summed E-state index contributed by atoms with van der Waals surface area (Å²) < 4.78 is 2.35. The number of nitrogens with two attached hydrogens (primary N) is 1. The van der Waals surface area contributed by atoms with E-state index in [0.717, 1.165) is 49.0 Å². The Balaban J connectivity index is 2.65. The molecule has 0 bridgehead atoms. The molecule has 2 aromatic rings. The molecule has 0 aliphatic heterocycles. The van der Waals surface area contributed by atoms with Crippen LogP contribution >= 0.6 is 0 Å². The quantitative estimate of drug-likeness (QED) is 0.576. The van der Waals surface area contributed by atoms with Crippen molar-refractivity contribution in [2.75, 3.05) is 0 Å². The predicted molar refractivity (Wildman–Crippen MR) is 120 cm³/mol. The highest BCUT2D eigenvalue weighted by Crippen LogP contribution is 2.35. The summed E-state index contributed by atoms with van der Waals surface area (Å²) in [5.41, 5.74) is 12.4. The van der Waals surface area contributed by atoms with Crippen molar-refractivity contribution >= 4 is 5.91 Å². The molecule has 0 unspecified atom stereocenters. The molecule has 0 spiro atoms. The van der Waals surface area contributed by atoms with Gasteiger partial charge in [-0.25, -0.2) is 0 Å². The molecule has 0 saturated carbocycles. The number of unbranched alkanes of at least 4 members (excludes halogenated alkanes) is 1. The second-order valence-electron chi connectivity index (χ2n) is 9.41. The van der Waals surface area contributed by atoms with E-state index in [2.05, 4.69) is 70.4 Å². The zero-order valence-electron chi connectivity index (χ0n) is 18.9. The van der Waals surface area contributed by atoms with Crippen molar-refractivity contribution in [3.63, 3.8) is 0 Å². The van der Waals surface area contributed by atoms with Crippen molar-refractivity contribution in [2.45, 2.75) is 86.1 Å². The maximum atomic E-state index is 12.4. The van der Waals surface area contributed by atoms with Crippen LogP contribution in [0.15, 0.2) is 24.3 Å². The third kappa shape index (κ3) is 4.87. The van der Waals surface area contributed by atoms with E-state index in [1.807, 2.05) is 6.92 Å². The van der Waals surface area contributed by atoms with Crippen LogP contribution in [0.5, 0.6) is 0 Å². The van der Waals surface area contributed by atoms with Gasteiger partial charge in [-0.15, -0.1) is 0 Å². The first-order valence-electron chi connectivity index (χ1n) is 10.7. The van der Waals surface area contributed by atoms with Gasteiger partial charge in [0.05, 0.1) is 5.56 Å². The fraction of sp³-hybridized carbons (Fsp3) is 0.560. The lowest BCUT2D eigenvalue weighted by molar-refractivity contribution is 0.1000. The summed E-state index contributed by atoms with van der Waals surface area (Å²) in [6.07, 6.45) is 4.30. The molecule has 3 nitrogen and oxygen atoms in total. The molecule has 1 heterocycles. The Bertz CT molecular complexity index is 805. The lowest BCUT2D eigenvalue weighted by Gasteiger charge is -2.19. The number of hydrogen-bond donors (Lipinski definition) is 1. The van der Waals surface area contributed by atoms with Gasteiger partial charge in [-0.2, -0.15) is 0 Å². The van der Waals surface area contributed by atoms with Gasteiger partial charge in [0.1, 0.15) is 0 Å². The minimum absolute atomic E-state index is 0.106. The molecule has 0 saturated heterocycles. The van der Waals surface area contributed by atoms with E-state index in [9.17, 15) is 4.79 Å². The molecule has 2 rings (SSSR count). The van der Waals surface area contributed by atoms with Crippen LogP contribution in [0.25, 0.3) is 11.1 Å². The van der Waals surface area contributed by atoms with Crippen molar-refractivity contribution in [3.8, 4) is 11.1 Å². The van der Waals surface area contributed by atoms with Gasteiger partial charge >= 0.3 is 0 Å². The summed E-state index contributed by atoms with van der Waals surface area (Å²) in [4.78, 5) is 12.4. The van der Waals surface area contributed by atoms with E-state index < -0.39 is 0 Å². The van der Waals surface area contributed by atoms with Gasteiger partial charge in [0.2, 0.25) is 0 Å². The van der Waals surface area contributed by atoms with Gasteiger partial charge < -0.3 is 10.3 Å². The number of benzene rings is 1. The molecule has 0 atom stereocenters. The minimum Gasteiger partial charge on any atom is -0.366 e. The number of nitrogens with zero attached hydrogens (tertiary/aromatic N) is 1. The fourth-order valence-corrected chi connectivity index (χ4v) is 3.84. The molecule has 1 aromatic carbocycles. The van der Waals surface area contributed by atoms with Crippen molar-refractivity contribution < 1.29 is 4.79 Å². The summed E-state index contributed by atoms with van der Waals surface area (Å²) >= 11 is 0. The molecular formula is C25H38N2O. The van der Waals surface area contributed by atoms with E-state index in [0.29, 0.717) is 11.5 Å². The van der Waals surface area contributed by atoms with Crippen LogP contribution < -0.4 is 5.73 Å². The maximum Gasteiger partial charge on any atom is 0.251 e. The first-order chi connectivity index (χ1) is 13.1. The lowest BCUT2D eigenvalue weighted by atomic mass is 9.86. The highest BCUT2D eigenvalue weighted by atomic mass is 16.1. The highest BCUT2D eigenvalue weighted by Gasteiger charge is 2.25. The van der Waals surface area contributed by atoms with E-state index >= 15 is 0 Å². The van der Waals surface area contributed by atoms with Crippen LogP contribution in [0.2, 0.25) is 0 Å². The van der Waals surface area contributed by atoms with Crippen molar-refractivity contribution in [1.82, 2.24) is 4.57 Å².